The third kappa shape index (κ3) is 4.30. The summed E-state index contributed by atoms with van der Waals surface area (Å²) >= 11 is 0. The molecule has 1 unspecified atom stereocenters. The van der Waals surface area contributed by atoms with Gasteiger partial charge in [-0.05, 0) is 6.92 Å². The summed E-state index contributed by atoms with van der Waals surface area (Å²) in [6.07, 6.45) is -10.6. The van der Waals surface area contributed by atoms with Gasteiger partial charge in [-0.1, -0.05) is 0 Å². The van der Waals surface area contributed by atoms with Crippen LogP contribution < -0.4 is 0 Å². The Morgan fingerprint density at radius 3 is 1.54 bits per heavy atom. The second kappa shape index (κ2) is 3.32. The van der Waals surface area contributed by atoms with Gasteiger partial charge >= 0.3 is 12.5 Å². The maximum absolute atomic E-state index is 12.4. The van der Waals surface area contributed by atoms with Gasteiger partial charge in [-0.15, -0.1) is 13.2 Å². The van der Waals surface area contributed by atoms with Crippen molar-refractivity contribution in [2.45, 2.75) is 25.1 Å². The summed E-state index contributed by atoms with van der Waals surface area (Å²) in [4.78, 5) is 0. The first-order valence-corrected chi connectivity index (χ1v) is 2.92. The Hall–Kier alpha value is -0.530. The molecule has 13 heavy (non-hydrogen) atoms. The van der Waals surface area contributed by atoms with E-state index in [1.165, 1.54) is 0 Å². The summed E-state index contributed by atoms with van der Waals surface area (Å²) in [6, 6.07) is 0. The van der Waals surface area contributed by atoms with Crippen molar-refractivity contribution < 1.29 is 35.5 Å². The number of ether oxygens (including phenoxy) is 1. The van der Waals surface area contributed by atoms with E-state index < -0.39 is 24.8 Å². The summed E-state index contributed by atoms with van der Waals surface area (Å²) in [7, 11) is 0. The first-order valence-electron chi connectivity index (χ1n) is 2.92. The molecule has 0 aliphatic rings. The molecule has 8 heteroatoms. The van der Waals surface area contributed by atoms with E-state index in [-0.39, 0.29) is 6.92 Å². The van der Waals surface area contributed by atoms with Gasteiger partial charge in [0.25, 0.3) is 0 Å². The van der Waals surface area contributed by atoms with Crippen LogP contribution in [0.5, 0.6) is 0 Å². The molecule has 0 rings (SSSR count). The second-order valence-corrected chi connectivity index (χ2v) is 2.43. The maximum atomic E-state index is 12.4. The van der Waals surface area contributed by atoms with Crippen LogP contribution in [-0.4, -0.2) is 24.8 Å². The standard InChI is InChI=1S/C5H5F7O/c1-3(6,4(7,8)9)2-13-5(10,11)12/h2H2,1H3. The van der Waals surface area contributed by atoms with Crippen LogP contribution in [0, 0.1) is 0 Å². The van der Waals surface area contributed by atoms with E-state index in [1.807, 2.05) is 0 Å². The van der Waals surface area contributed by atoms with Crippen molar-refractivity contribution in [1.29, 1.82) is 0 Å². The fraction of sp³-hybridized carbons (Fsp3) is 1.00. The molecule has 0 aliphatic carbocycles. The van der Waals surface area contributed by atoms with Crippen LogP contribution in [0.25, 0.3) is 0 Å². The largest absolute Gasteiger partial charge is 0.522 e. The van der Waals surface area contributed by atoms with E-state index in [1.54, 1.807) is 0 Å². The molecule has 0 aliphatic heterocycles. The fourth-order valence-corrected chi connectivity index (χ4v) is 0.299. The Labute approximate surface area is 68.5 Å². The smallest absolute Gasteiger partial charge is 0.288 e. The average molecular weight is 214 g/mol. The predicted molar refractivity (Wildman–Crippen MR) is 27.6 cm³/mol. The predicted octanol–water partition coefficient (Wildman–Crippen LogP) is 2.81. The molecule has 1 nitrogen and oxygen atoms in total. The molecule has 0 heterocycles. The molecule has 0 amide bonds. The topological polar surface area (TPSA) is 9.23 Å². The summed E-state index contributed by atoms with van der Waals surface area (Å²) in [5, 5.41) is 0. The molecule has 0 aromatic carbocycles. The molecule has 1 atom stereocenters. The van der Waals surface area contributed by atoms with Crippen molar-refractivity contribution >= 4 is 0 Å². The van der Waals surface area contributed by atoms with Gasteiger partial charge in [0.1, 0.15) is 0 Å². The Balaban J connectivity index is 4.21. The fourth-order valence-electron chi connectivity index (χ4n) is 0.299. The van der Waals surface area contributed by atoms with Crippen LogP contribution >= 0.6 is 0 Å². The van der Waals surface area contributed by atoms with Gasteiger partial charge in [-0.3, -0.25) is 4.74 Å². The zero-order valence-electron chi connectivity index (χ0n) is 6.26. The Kier molecular flexibility index (Phi) is 3.18. The molecule has 0 saturated heterocycles. The summed E-state index contributed by atoms with van der Waals surface area (Å²) in [6.45, 7) is -2.13. The second-order valence-electron chi connectivity index (χ2n) is 2.43. The minimum atomic E-state index is -5.38. The Bertz CT molecular complexity index is 167. The lowest BCUT2D eigenvalue weighted by atomic mass is 10.1. The molecule has 0 saturated carbocycles. The van der Waals surface area contributed by atoms with Crippen LogP contribution in [0.4, 0.5) is 30.7 Å². The van der Waals surface area contributed by atoms with Gasteiger partial charge in [-0.2, -0.15) is 13.2 Å². The molecule has 80 valence electrons. The average Bonchev–Trinajstić information content (AvgIpc) is 1.79. The molecule has 0 fully saturated rings. The van der Waals surface area contributed by atoms with Crippen molar-refractivity contribution in [2.75, 3.05) is 6.61 Å². The first-order chi connectivity index (χ1) is 5.46. The highest BCUT2D eigenvalue weighted by atomic mass is 19.4. The summed E-state index contributed by atoms with van der Waals surface area (Å²) in [5.74, 6) is 0. The molecular weight excluding hydrogens is 209 g/mol. The highest BCUT2D eigenvalue weighted by Gasteiger charge is 2.54. The number of alkyl halides is 7. The maximum Gasteiger partial charge on any atom is 0.522 e. The van der Waals surface area contributed by atoms with Gasteiger partial charge in [0.05, 0.1) is 6.61 Å². The van der Waals surface area contributed by atoms with Crippen LogP contribution in [0.15, 0.2) is 0 Å². The normalized spacial score (nSPS) is 18.5. The molecule has 0 bridgehead atoms. The molecule has 0 radical (unpaired) electrons. The van der Waals surface area contributed by atoms with E-state index >= 15 is 0 Å². The Morgan fingerprint density at radius 2 is 1.31 bits per heavy atom. The van der Waals surface area contributed by atoms with Crippen LogP contribution in [0.3, 0.4) is 0 Å². The van der Waals surface area contributed by atoms with Gasteiger partial charge in [0.15, 0.2) is 0 Å². The van der Waals surface area contributed by atoms with Crippen molar-refractivity contribution in [3.05, 3.63) is 0 Å². The highest BCUT2D eigenvalue weighted by Crippen LogP contribution is 2.35. The molecular formula is C5H5F7O. The third-order valence-electron chi connectivity index (χ3n) is 1.10. The SMILES string of the molecule is CC(F)(COC(F)(F)F)C(F)(F)F. The van der Waals surface area contributed by atoms with E-state index in [4.69, 9.17) is 0 Å². The van der Waals surface area contributed by atoms with E-state index in [0.717, 1.165) is 0 Å². The lowest BCUT2D eigenvalue weighted by Gasteiger charge is -2.23. The van der Waals surface area contributed by atoms with Gasteiger partial charge in [0.2, 0.25) is 5.67 Å². The molecule has 0 aromatic heterocycles. The number of hydrogen-bond donors (Lipinski definition) is 0. The zero-order chi connectivity index (χ0) is 10.9. The number of rotatable bonds is 2. The minimum absolute atomic E-state index is 0.0290. The third-order valence-corrected chi connectivity index (χ3v) is 1.10. The van der Waals surface area contributed by atoms with Crippen LogP contribution in [0.1, 0.15) is 6.92 Å². The number of hydrogen-bond acceptors (Lipinski definition) is 1. The van der Waals surface area contributed by atoms with Crippen LogP contribution in [-0.2, 0) is 4.74 Å². The van der Waals surface area contributed by atoms with E-state index in [2.05, 4.69) is 4.74 Å². The summed E-state index contributed by atoms with van der Waals surface area (Å²) < 4.78 is 83.5. The van der Waals surface area contributed by atoms with E-state index in [0.29, 0.717) is 0 Å². The molecule has 0 N–H and O–H groups in total. The molecule has 0 spiro atoms. The van der Waals surface area contributed by atoms with Crippen molar-refractivity contribution in [3.8, 4) is 0 Å². The van der Waals surface area contributed by atoms with Gasteiger partial charge in [-0.25, -0.2) is 4.39 Å². The van der Waals surface area contributed by atoms with Crippen molar-refractivity contribution in [2.24, 2.45) is 0 Å². The van der Waals surface area contributed by atoms with Crippen LogP contribution in [0.2, 0.25) is 0 Å². The van der Waals surface area contributed by atoms with E-state index in [9.17, 15) is 30.7 Å². The first kappa shape index (κ1) is 12.5. The monoisotopic (exact) mass is 214 g/mol. The lowest BCUT2D eigenvalue weighted by Crippen LogP contribution is -2.43. The summed E-state index contributed by atoms with van der Waals surface area (Å²) in [5.41, 5.74) is -4.00. The van der Waals surface area contributed by atoms with Crippen molar-refractivity contribution in [3.63, 3.8) is 0 Å². The Morgan fingerprint density at radius 1 is 0.923 bits per heavy atom. The number of halogens is 7. The highest BCUT2D eigenvalue weighted by molar-refractivity contribution is 4.81. The zero-order valence-corrected chi connectivity index (χ0v) is 6.26. The minimum Gasteiger partial charge on any atom is -0.288 e. The van der Waals surface area contributed by atoms with Crippen molar-refractivity contribution in [1.82, 2.24) is 0 Å². The quantitative estimate of drug-likeness (QED) is 0.642. The van der Waals surface area contributed by atoms with Gasteiger partial charge < -0.3 is 0 Å². The molecule has 0 aromatic rings. The lowest BCUT2D eigenvalue weighted by molar-refractivity contribution is -0.349. The van der Waals surface area contributed by atoms with Gasteiger partial charge in [0, 0.05) is 0 Å².